The van der Waals surface area contributed by atoms with Crippen LogP contribution in [0.5, 0.6) is 0 Å². The van der Waals surface area contributed by atoms with Crippen LogP contribution in [0.3, 0.4) is 0 Å². The lowest BCUT2D eigenvalue weighted by atomic mass is 9.86. The Morgan fingerprint density at radius 2 is 1.72 bits per heavy atom. The Balaban J connectivity index is 1.66. The molecule has 0 aromatic heterocycles. The molecule has 1 saturated carbocycles. The Morgan fingerprint density at radius 3 is 2.34 bits per heavy atom. The predicted octanol–water partition coefficient (Wildman–Crippen LogP) is 3.34. The summed E-state index contributed by atoms with van der Waals surface area (Å²) in [6.07, 6.45) is 4.44. The zero-order valence-corrected chi connectivity index (χ0v) is 18.0. The Kier molecular flexibility index (Phi) is 8.23. The van der Waals surface area contributed by atoms with Gasteiger partial charge in [0.1, 0.15) is 0 Å². The lowest BCUT2D eigenvalue weighted by molar-refractivity contribution is -0.148. The molecule has 0 spiro atoms. The van der Waals surface area contributed by atoms with Gasteiger partial charge in [-0.1, -0.05) is 52.7 Å². The van der Waals surface area contributed by atoms with Crippen molar-refractivity contribution < 1.29 is 19.1 Å². The van der Waals surface area contributed by atoms with Crippen LogP contribution < -0.4 is 10.6 Å². The normalized spacial score (nSPS) is 19.3. The summed E-state index contributed by atoms with van der Waals surface area (Å²) < 4.78 is 5.02. The Morgan fingerprint density at radius 1 is 1.07 bits per heavy atom. The first kappa shape index (κ1) is 22.9. The second kappa shape index (κ2) is 10.4. The molecule has 1 aromatic rings. The van der Waals surface area contributed by atoms with E-state index in [1.165, 1.54) is 6.42 Å². The van der Waals surface area contributed by atoms with Crippen molar-refractivity contribution >= 4 is 17.8 Å². The van der Waals surface area contributed by atoms with E-state index >= 15 is 0 Å². The van der Waals surface area contributed by atoms with Crippen molar-refractivity contribution in [3.63, 3.8) is 0 Å². The number of hydrogen-bond donors (Lipinski definition) is 2. The van der Waals surface area contributed by atoms with Crippen LogP contribution >= 0.6 is 0 Å². The summed E-state index contributed by atoms with van der Waals surface area (Å²) in [6.45, 7) is 8.37. The van der Waals surface area contributed by atoms with E-state index in [1.807, 2.05) is 12.1 Å². The zero-order valence-electron chi connectivity index (χ0n) is 18.0. The molecule has 0 saturated heterocycles. The molecule has 0 aliphatic heterocycles. The molecule has 1 aliphatic rings. The van der Waals surface area contributed by atoms with Crippen LogP contribution in [0.15, 0.2) is 24.3 Å². The number of carbonyl (C=O) groups is 3. The SMILES string of the molecule is C[C@H]1CCCC[C@@H]1NC(=O)COC(=O)CCNC(=O)c1ccc(C(C)(C)C)cc1. The summed E-state index contributed by atoms with van der Waals surface area (Å²) in [5.41, 5.74) is 1.73. The number of benzene rings is 1. The average Bonchev–Trinajstić information content (AvgIpc) is 2.67. The fraction of sp³-hybridized carbons (Fsp3) is 0.609. The maximum absolute atomic E-state index is 12.2. The van der Waals surface area contributed by atoms with Gasteiger partial charge in [0.2, 0.25) is 0 Å². The topological polar surface area (TPSA) is 84.5 Å². The van der Waals surface area contributed by atoms with Crippen molar-refractivity contribution in [1.29, 1.82) is 0 Å². The van der Waals surface area contributed by atoms with Crippen LogP contribution in [0.1, 0.15) is 75.7 Å². The molecule has 6 nitrogen and oxygen atoms in total. The zero-order chi connectivity index (χ0) is 21.4. The van der Waals surface area contributed by atoms with Gasteiger partial charge in [0.25, 0.3) is 11.8 Å². The van der Waals surface area contributed by atoms with Crippen LogP contribution in [-0.4, -0.2) is 37.0 Å². The number of amides is 2. The third-order valence-corrected chi connectivity index (χ3v) is 5.45. The maximum Gasteiger partial charge on any atom is 0.308 e. The van der Waals surface area contributed by atoms with Gasteiger partial charge in [-0.3, -0.25) is 14.4 Å². The molecule has 2 amide bonds. The molecule has 29 heavy (non-hydrogen) atoms. The first-order chi connectivity index (χ1) is 13.7. The second-order valence-electron chi connectivity index (χ2n) is 8.93. The molecule has 1 aromatic carbocycles. The molecule has 2 rings (SSSR count). The summed E-state index contributed by atoms with van der Waals surface area (Å²) in [5.74, 6) is -0.543. The van der Waals surface area contributed by atoms with Gasteiger partial charge in [0.15, 0.2) is 6.61 Å². The van der Waals surface area contributed by atoms with Crippen molar-refractivity contribution in [3.8, 4) is 0 Å². The minimum absolute atomic E-state index is 0.0267. The van der Waals surface area contributed by atoms with E-state index in [4.69, 9.17) is 4.74 Å². The van der Waals surface area contributed by atoms with Crippen LogP contribution in [0.2, 0.25) is 0 Å². The molecule has 6 heteroatoms. The molecule has 0 bridgehead atoms. The Labute approximate surface area is 173 Å². The molecule has 1 aliphatic carbocycles. The van der Waals surface area contributed by atoms with E-state index in [1.54, 1.807) is 12.1 Å². The summed E-state index contributed by atoms with van der Waals surface area (Å²) in [4.78, 5) is 36.0. The van der Waals surface area contributed by atoms with Crippen molar-refractivity contribution in [2.24, 2.45) is 5.92 Å². The summed E-state index contributed by atoms with van der Waals surface area (Å²) >= 11 is 0. The van der Waals surface area contributed by atoms with Gasteiger partial charge in [-0.25, -0.2) is 0 Å². The van der Waals surface area contributed by atoms with E-state index in [2.05, 4.69) is 38.3 Å². The molecule has 0 unspecified atom stereocenters. The van der Waals surface area contributed by atoms with Gasteiger partial charge in [-0.05, 0) is 41.9 Å². The molecule has 1 fully saturated rings. The highest BCUT2D eigenvalue weighted by molar-refractivity contribution is 5.94. The van der Waals surface area contributed by atoms with Crippen LogP contribution in [0, 0.1) is 5.92 Å². The molecular formula is C23H34N2O4. The van der Waals surface area contributed by atoms with Gasteiger partial charge in [0, 0.05) is 18.2 Å². The number of rotatable bonds is 7. The van der Waals surface area contributed by atoms with Crippen LogP contribution in [0.4, 0.5) is 0 Å². The Hall–Kier alpha value is -2.37. The highest BCUT2D eigenvalue weighted by Gasteiger charge is 2.23. The molecule has 0 radical (unpaired) electrons. The van der Waals surface area contributed by atoms with Gasteiger partial charge in [0.05, 0.1) is 6.42 Å². The van der Waals surface area contributed by atoms with E-state index in [0.29, 0.717) is 11.5 Å². The number of hydrogen-bond acceptors (Lipinski definition) is 4. The van der Waals surface area contributed by atoms with Gasteiger partial charge >= 0.3 is 5.97 Å². The predicted molar refractivity (Wildman–Crippen MR) is 113 cm³/mol. The molecule has 2 N–H and O–H groups in total. The minimum Gasteiger partial charge on any atom is -0.456 e. The van der Waals surface area contributed by atoms with Crippen molar-refractivity contribution in [2.75, 3.05) is 13.2 Å². The van der Waals surface area contributed by atoms with Gasteiger partial charge in [-0.2, -0.15) is 0 Å². The second-order valence-corrected chi connectivity index (χ2v) is 8.93. The van der Waals surface area contributed by atoms with E-state index in [9.17, 15) is 14.4 Å². The maximum atomic E-state index is 12.2. The Bertz CT molecular complexity index is 707. The number of esters is 1. The fourth-order valence-electron chi connectivity index (χ4n) is 3.50. The van der Waals surface area contributed by atoms with E-state index in [-0.39, 0.29) is 42.8 Å². The van der Waals surface area contributed by atoms with Crippen molar-refractivity contribution in [1.82, 2.24) is 10.6 Å². The van der Waals surface area contributed by atoms with Crippen LogP contribution in [0.25, 0.3) is 0 Å². The summed E-state index contributed by atoms with van der Waals surface area (Å²) in [5, 5.41) is 5.66. The first-order valence-electron chi connectivity index (χ1n) is 10.5. The quantitative estimate of drug-likeness (QED) is 0.685. The van der Waals surface area contributed by atoms with E-state index < -0.39 is 5.97 Å². The van der Waals surface area contributed by atoms with Crippen molar-refractivity contribution in [2.45, 2.75) is 71.3 Å². The molecule has 2 atom stereocenters. The van der Waals surface area contributed by atoms with Crippen molar-refractivity contribution in [3.05, 3.63) is 35.4 Å². The molecular weight excluding hydrogens is 368 g/mol. The highest BCUT2D eigenvalue weighted by atomic mass is 16.5. The van der Waals surface area contributed by atoms with Crippen LogP contribution in [-0.2, 0) is 19.7 Å². The van der Waals surface area contributed by atoms with Gasteiger partial charge in [-0.15, -0.1) is 0 Å². The van der Waals surface area contributed by atoms with Gasteiger partial charge < -0.3 is 15.4 Å². The molecule has 160 valence electrons. The number of carbonyl (C=O) groups excluding carboxylic acids is 3. The fourth-order valence-corrected chi connectivity index (χ4v) is 3.50. The summed E-state index contributed by atoms with van der Waals surface area (Å²) in [7, 11) is 0. The van der Waals surface area contributed by atoms with E-state index in [0.717, 1.165) is 24.8 Å². The minimum atomic E-state index is -0.500. The number of ether oxygens (including phenoxy) is 1. The third-order valence-electron chi connectivity index (χ3n) is 5.45. The largest absolute Gasteiger partial charge is 0.456 e. The lowest BCUT2D eigenvalue weighted by Gasteiger charge is -2.29. The molecule has 0 heterocycles. The lowest BCUT2D eigenvalue weighted by Crippen LogP contribution is -2.43. The smallest absolute Gasteiger partial charge is 0.308 e. The average molecular weight is 403 g/mol. The highest BCUT2D eigenvalue weighted by Crippen LogP contribution is 2.23. The summed E-state index contributed by atoms with van der Waals surface area (Å²) in [6, 6.07) is 7.61. The number of nitrogens with one attached hydrogen (secondary N) is 2. The first-order valence-corrected chi connectivity index (χ1v) is 10.5. The standard InChI is InChI=1S/C23H34N2O4/c1-16-7-5-6-8-19(16)25-20(26)15-29-21(27)13-14-24-22(28)17-9-11-18(12-10-17)23(2,3)4/h9-12,16,19H,5-8,13-15H2,1-4H3,(H,24,28)(H,25,26)/t16-,19-/m0/s1. The third kappa shape index (κ3) is 7.52. The monoisotopic (exact) mass is 402 g/mol.